The lowest BCUT2D eigenvalue weighted by molar-refractivity contribution is 0.569. The van der Waals surface area contributed by atoms with Gasteiger partial charge >= 0.3 is 0 Å². The molecule has 4 nitrogen and oxygen atoms in total. The van der Waals surface area contributed by atoms with Crippen molar-refractivity contribution in [2.45, 2.75) is 13.0 Å². The largest absolute Gasteiger partial charge is 0.456 e. The zero-order chi connectivity index (χ0) is 24.7. The quantitative estimate of drug-likeness (QED) is 0.250. The Hall–Kier alpha value is -4.11. The van der Waals surface area contributed by atoms with Crippen molar-refractivity contribution in [3.63, 3.8) is 0 Å². The van der Waals surface area contributed by atoms with Gasteiger partial charge in [-0.3, -0.25) is 9.65 Å². The molecule has 0 radical (unpaired) electrons. The van der Waals surface area contributed by atoms with Gasteiger partial charge < -0.3 is 8.83 Å². The standard InChI is InChI=1S/C32H22NO3P/c1-19(20-9-3-2-4-10-20)33-37(34)27-17-15-25-29(21-11-5-7-13-23(21)35-25)31(27)32-28(37)18-16-26-30(32)22-12-6-8-14-24(22)36-26/h2-19H,1H3,(H,33,34)/t19-/m0/s1. The van der Waals surface area contributed by atoms with Crippen molar-refractivity contribution >= 4 is 61.8 Å². The highest BCUT2D eigenvalue weighted by atomic mass is 31.2. The van der Waals surface area contributed by atoms with Crippen molar-refractivity contribution in [1.82, 2.24) is 5.09 Å². The lowest BCUT2D eigenvalue weighted by Crippen LogP contribution is -2.26. The number of hydrogen-bond acceptors (Lipinski definition) is 3. The molecule has 1 aliphatic rings. The molecule has 0 fully saturated rings. The van der Waals surface area contributed by atoms with Gasteiger partial charge in [0.1, 0.15) is 22.3 Å². The first-order valence-corrected chi connectivity index (χ1v) is 14.2. The fourth-order valence-electron chi connectivity index (χ4n) is 6.00. The fraction of sp³-hybridized carbons (Fsp3) is 0.0625. The van der Waals surface area contributed by atoms with Crippen molar-refractivity contribution in [2.24, 2.45) is 0 Å². The van der Waals surface area contributed by atoms with Crippen LogP contribution in [0.1, 0.15) is 18.5 Å². The van der Waals surface area contributed by atoms with Gasteiger partial charge in [0.25, 0.3) is 0 Å². The van der Waals surface area contributed by atoms with Crippen LogP contribution >= 0.6 is 7.29 Å². The van der Waals surface area contributed by atoms with Crippen LogP contribution in [0.4, 0.5) is 0 Å². The molecule has 0 unspecified atom stereocenters. The maximum atomic E-state index is 15.3. The second-order valence-corrected chi connectivity index (χ2v) is 12.2. The lowest BCUT2D eigenvalue weighted by atomic mass is 9.95. The summed E-state index contributed by atoms with van der Waals surface area (Å²) in [5, 5.41) is 9.27. The van der Waals surface area contributed by atoms with Crippen molar-refractivity contribution in [1.29, 1.82) is 0 Å². The van der Waals surface area contributed by atoms with Crippen LogP contribution in [0.3, 0.4) is 0 Å². The van der Waals surface area contributed by atoms with Gasteiger partial charge in [-0.05, 0) is 48.9 Å². The van der Waals surface area contributed by atoms with Gasteiger partial charge in [-0.2, -0.15) is 0 Å². The van der Waals surface area contributed by atoms with E-state index in [0.717, 1.165) is 71.2 Å². The number of hydrogen-bond donors (Lipinski definition) is 1. The highest BCUT2D eigenvalue weighted by Gasteiger charge is 2.43. The molecular formula is C32H22NO3P. The van der Waals surface area contributed by atoms with Crippen LogP contribution in [0.25, 0.3) is 55.0 Å². The highest BCUT2D eigenvalue weighted by Crippen LogP contribution is 2.56. The Bertz CT molecular complexity index is 1950. The van der Waals surface area contributed by atoms with E-state index in [0.29, 0.717) is 0 Å². The molecule has 1 aliphatic heterocycles. The predicted octanol–water partition coefficient (Wildman–Crippen LogP) is 8.05. The number of benzene rings is 5. The molecule has 8 rings (SSSR count). The van der Waals surface area contributed by atoms with Gasteiger partial charge in [0.15, 0.2) is 0 Å². The Morgan fingerprint density at radius 2 is 1.08 bits per heavy atom. The molecule has 5 aromatic carbocycles. The minimum absolute atomic E-state index is 0.112. The lowest BCUT2D eigenvalue weighted by Gasteiger charge is -2.22. The van der Waals surface area contributed by atoms with Crippen molar-refractivity contribution in [2.75, 3.05) is 0 Å². The molecule has 1 N–H and O–H groups in total. The second kappa shape index (κ2) is 7.45. The maximum Gasteiger partial charge on any atom is 0.206 e. The normalized spacial score (nSPS) is 14.9. The number of rotatable bonds is 3. The molecule has 1 atom stereocenters. The third-order valence-corrected chi connectivity index (χ3v) is 10.5. The number of para-hydroxylation sites is 2. The highest BCUT2D eigenvalue weighted by molar-refractivity contribution is 7.78. The van der Waals surface area contributed by atoms with E-state index in [1.54, 1.807) is 0 Å². The van der Waals surface area contributed by atoms with Crippen molar-refractivity contribution in [3.05, 3.63) is 109 Å². The smallest absolute Gasteiger partial charge is 0.206 e. The minimum Gasteiger partial charge on any atom is -0.456 e. The van der Waals surface area contributed by atoms with E-state index in [9.17, 15) is 0 Å². The van der Waals surface area contributed by atoms with E-state index in [2.05, 4.69) is 36.3 Å². The van der Waals surface area contributed by atoms with Gasteiger partial charge in [0, 0.05) is 49.3 Å². The van der Waals surface area contributed by atoms with Crippen LogP contribution in [0.15, 0.2) is 112 Å². The first-order chi connectivity index (χ1) is 18.1. The molecule has 5 heteroatoms. The minimum atomic E-state index is -3.22. The molecule has 2 aromatic heterocycles. The van der Waals surface area contributed by atoms with E-state index in [-0.39, 0.29) is 6.04 Å². The molecule has 0 saturated heterocycles. The zero-order valence-electron chi connectivity index (χ0n) is 20.1. The van der Waals surface area contributed by atoms with Crippen LogP contribution in [-0.4, -0.2) is 0 Å². The Labute approximate surface area is 212 Å². The number of furan rings is 2. The first-order valence-electron chi connectivity index (χ1n) is 12.5. The summed E-state index contributed by atoms with van der Waals surface area (Å²) in [5.41, 5.74) is 6.28. The number of fused-ring (bicyclic) bond motifs is 11. The van der Waals surface area contributed by atoms with Gasteiger partial charge in [0.2, 0.25) is 7.29 Å². The van der Waals surface area contributed by atoms with E-state index in [1.807, 2.05) is 78.9 Å². The topological polar surface area (TPSA) is 55.4 Å². The average molecular weight is 500 g/mol. The summed E-state index contributed by atoms with van der Waals surface area (Å²) in [6, 6.07) is 34.1. The maximum absolute atomic E-state index is 15.3. The van der Waals surface area contributed by atoms with Crippen molar-refractivity contribution in [3.8, 4) is 11.1 Å². The van der Waals surface area contributed by atoms with Crippen LogP contribution < -0.4 is 15.7 Å². The summed E-state index contributed by atoms with van der Waals surface area (Å²) in [7, 11) is -3.22. The Kier molecular flexibility index (Phi) is 4.24. The third-order valence-electron chi connectivity index (χ3n) is 7.65. The molecule has 7 aromatic rings. The molecular weight excluding hydrogens is 477 g/mol. The Morgan fingerprint density at radius 1 is 0.595 bits per heavy atom. The van der Waals surface area contributed by atoms with E-state index >= 15 is 4.57 Å². The molecule has 178 valence electrons. The van der Waals surface area contributed by atoms with Crippen LogP contribution in [-0.2, 0) is 4.57 Å². The Balaban J connectivity index is 1.51. The molecule has 0 saturated carbocycles. The van der Waals surface area contributed by atoms with Crippen LogP contribution in [0, 0.1) is 0 Å². The fourth-order valence-corrected chi connectivity index (χ4v) is 8.88. The Morgan fingerprint density at radius 3 is 1.62 bits per heavy atom. The number of nitrogens with one attached hydrogen (secondary N) is 1. The molecule has 0 aliphatic carbocycles. The molecule has 0 spiro atoms. The third kappa shape index (κ3) is 2.80. The summed E-state index contributed by atoms with van der Waals surface area (Å²) >= 11 is 0. The zero-order valence-corrected chi connectivity index (χ0v) is 21.0. The molecule has 37 heavy (non-hydrogen) atoms. The molecule has 3 heterocycles. The van der Waals surface area contributed by atoms with Gasteiger partial charge in [-0.25, -0.2) is 0 Å². The predicted molar refractivity (Wildman–Crippen MR) is 151 cm³/mol. The van der Waals surface area contributed by atoms with E-state index in [4.69, 9.17) is 8.83 Å². The summed E-state index contributed by atoms with van der Waals surface area (Å²) in [6.45, 7) is 2.07. The first kappa shape index (κ1) is 21.0. The SMILES string of the molecule is C[C@H](NP1(=O)c2ccc3oc4ccccc4c3c2-c2c1ccc1oc3ccccc3c21)c1ccccc1. The second-order valence-electron chi connectivity index (χ2n) is 9.73. The van der Waals surface area contributed by atoms with Crippen LogP contribution in [0.2, 0.25) is 0 Å². The summed E-state index contributed by atoms with van der Waals surface area (Å²) < 4.78 is 27.8. The van der Waals surface area contributed by atoms with Gasteiger partial charge in [0.05, 0.1) is 0 Å². The van der Waals surface area contributed by atoms with Gasteiger partial charge in [-0.1, -0.05) is 66.7 Å². The molecule has 0 amide bonds. The average Bonchev–Trinajstić information content (AvgIpc) is 3.57. The van der Waals surface area contributed by atoms with Crippen LogP contribution in [0.5, 0.6) is 0 Å². The van der Waals surface area contributed by atoms with Gasteiger partial charge in [-0.15, -0.1) is 0 Å². The summed E-state index contributed by atoms with van der Waals surface area (Å²) in [5.74, 6) is 0. The molecule has 0 bridgehead atoms. The summed E-state index contributed by atoms with van der Waals surface area (Å²) in [6.07, 6.45) is 0. The van der Waals surface area contributed by atoms with Crippen molar-refractivity contribution < 1.29 is 13.4 Å². The van der Waals surface area contributed by atoms with E-state index < -0.39 is 7.29 Å². The monoisotopic (exact) mass is 499 g/mol. The summed E-state index contributed by atoms with van der Waals surface area (Å²) in [4.78, 5) is 0. The van der Waals surface area contributed by atoms with E-state index in [1.165, 1.54) is 0 Å².